The van der Waals surface area contributed by atoms with Crippen molar-refractivity contribution in [3.63, 3.8) is 0 Å². The highest BCUT2D eigenvalue weighted by Crippen LogP contribution is 2.11. The molecule has 1 N–H and O–H groups in total. The van der Waals surface area contributed by atoms with E-state index in [0.29, 0.717) is 18.7 Å². The molecule has 0 amide bonds. The van der Waals surface area contributed by atoms with Crippen LogP contribution >= 0.6 is 15.9 Å². The number of nitrogens with one attached hydrogen (secondary N) is 1. The van der Waals surface area contributed by atoms with Gasteiger partial charge in [0.2, 0.25) is 0 Å². The van der Waals surface area contributed by atoms with E-state index in [9.17, 15) is 9.59 Å². The van der Waals surface area contributed by atoms with E-state index in [-0.39, 0.29) is 11.2 Å². The normalized spacial score (nSPS) is 10.8. The lowest BCUT2D eigenvalue weighted by atomic mass is 10.2. The molecule has 20 heavy (non-hydrogen) atoms. The fourth-order valence-electron chi connectivity index (χ4n) is 1.99. The quantitative estimate of drug-likeness (QED) is 0.910. The standard InChI is InChI=1S/C14H16BrN3O2/c1-17-9-11(13(19)18(2)14(17)20)8-16-7-10-4-3-5-12(15)6-10/h3-6,9,16H,7-8H2,1-2H3. The van der Waals surface area contributed by atoms with Gasteiger partial charge in [-0.25, -0.2) is 4.79 Å². The van der Waals surface area contributed by atoms with Crippen LogP contribution in [0.3, 0.4) is 0 Å². The van der Waals surface area contributed by atoms with Gasteiger partial charge in [-0.05, 0) is 17.7 Å². The summed E-state index contributed by atoms with van der Waals surface area (Å²) in [5, 5.41) is 3.21. The van der Waals surface area contributed by atoms with Crippen LogP contribution in [0.5, 0.6) is 0 Å². The summed E-state index contributed by atoms with van der Waals surface area (Å²) < 4.78 is 3.56. The van der Waals surface area contributed by atoms with Gasteiger partial charge in [0.05, 0.1) is 0 Å². The third kappa shape index (κ3) is 3.26. The van der Waals surface area contributed by atoms with Crippen LogP contribution in [0, 0.1) is 0 Å². The topological polar surface area (TPSA) is 56.0 Å². The molecule has 0 aliphatic heterocycles. The second-order valence-corrected chi connectivity index (χ2v) is 5.56. The van der Waals surface area contributed by atoms with Crippen molar-refractivity contribution in [2.45, 2.75) is 13.1 Å². The molecule has 0 spiro atoms. The Bertz CT molecular complexity index is 734. The average molecular weight is 338 g/mol. The first kappa shape index (κ1) is 14.7. The Hall–Kier alpha value is -1.66. The molecular weight excluding hydrogens is 322 g/mol. The third-order valence-electron chi connectivity index (χ3n) is 3.05. The second-order valence-electron chi connectivity index (χ2n) is 4.65. The van der Waals surface area contributed by atoms with Crippen LogP contribution in [0.2, 0.25) is 0 Å². The molecule has 0 bridgehead atoms. The molecule has 0 fully saturated rings. The van der Waals surface area contributed by atoms with Crippen LogP contribution < -0.4 is 16.6 Å². The summed E-state index contributed by atoms with van der Waals surface area (Å²) in [7, 11) is 3.13. The van der Waals surface area contributed by atoms with Gasteiger partial charge in [-0.15, -0.1) is 0 Å². The molecular formula is C14H16BrN3O2. The van der Waals surface area contributed by atoms with Gasteiger partial charge in [-0.2, -0.15) is 0 Å². The maximum Gasteiger partial charge on any atom is 0.330 e. The fraction of sp³-hybridized carbons (Fsp3) is 0.286. The first-order valence-corrected chi connectivity index (χ1v) is 6.99. The van der Waals surface area contributed by atoms with Gasteiger partial charge in [-0.3, -0.25) is 9.36 Å². The second kappa shape index (κ2) is 6.19. The molecule has 1 aromatic carbocycles. The molecule has 0 aliphatic carbocycles. The van der Waals surface area contributed by atoms with E-state index < -0.39 is 0 Å². The lowest BCUT2D eigenvalue weighted by Crippen LogP contribution is -2.39. The highest BCUT2D eigenvalue weighted by Gasteiger charge is 2.06. The van der Waals surface area contributed by atoms with E-state index in [1.807, 2.05) is 24.3 Å². The number of halogens is 1. The van der Waals surface area contributed by atoms with E-state index in [1.54, 1.807) is 13.2 Å². The molecule has 0 atom stereocenters. The number of aromatic nitrogens is 2. The Morgan fingerprint density at radius 1 is 1.20 bits per heavy atom. The SMILES string of the molecule is Cn1cc(CNCc2cccc(Br)c2)c(=O)n(C)c1=O. The highest BCUT2D eigenvalue weighted by atomic mass is 79.9. The highest BCUT2D eigenvalue weighted by molar-refractivity contribution is 9.10. The Morgan fingerprint density at radius 2 is 1.95 bits per heavy atom. The summed E-state index contributed by atoms with van der Waals surface area (Å²) >= 11 is 3.42. The van der Waals surface area contributed by atoms with Gasteiger partial charge < -0.3 is 9.88 Å². The lowest BCUT2D eigenvalue weighted by Gasteiger charge is -2.08. The van der Waals surface area contributed by atoms with E-state index in [1.165, 1.54) is 11.6 Å². The van der Waals surface area contributed by atoms with Crippen molar-refractivity contribution in [2.24, 2.45) is 14.1 Å². The van der Waals surface area contributed by atoms with Crippen molar-refractivity contribution >= 4 is 15.9 Å². The number of rotatable bonds is 4. The van der Waals surface area contributed by atoms with Crippen molar-refractivity contribution < 1.29 is 0 Å². The molecule has 1 heterocycles. The van der Waals surface area contributed by atoms with Gasteiger partial charge >= 0.3 is 5.69 Å². The molecule has 6 heteroatoms. The molecule has 0 aliphatic rings. The van der Waals surface area contributed by atoms with Crippen LogP contribution in [0.15, 0.2) is 44.5 Å². The van der Waals surface area contributed by atoms with Gasteiger partial charge in [0.25, 0.3) is 5.56 Å². The van der Waals surface area contributed by atoms with Crippen LogP contribution in [0.25, 0.3) is 0 Å². The molecule has 2 rings (SSSR count). The maximum absolute atomic E-state index is 11.9. The van der Waals surface area contributed by atoms with Crippen LogP contribution in [0.4, 0.5) is 0 Å². The predicted octanol–water partition coefficient (Wildman–Crippen LogP) is 1.14. The summed E-state index contributed by atoms with van der Waals surface area (Å²) in [6, 6.07) is 7.96. The van der Waals surface area contributed by atoms with Gasteiger partial charge in [0.1, 0.15) is 0 Å². The minimum atomic E-state index is -0.314. The van der Waals surface area contributed by atoms with Crippen molar-refractivity contribution in [1.82, 2.24) is 14.5 Å². The van der Waals surface area contributed by atoms with Crippen LogP contribution in [-0.4, -0.2) is 9.13 Å². The Kier molecular flexibility index (Phi) is 4.57. The maximum atomic E-state index is 11.9. The van der Waals surface area contributed by atoms with E-state index >= 15 is 0 Å². The monoisotopic (exact) mass is 337 g/mol. The van der Waals surface area contributed by atoms with Gasteiger partial charge in [-0.1, -0.05) is 28.1 Å². The fourth-order valence-corrected chi connectivity index (χ4v) is 2.44. The largest absolute Gasteiger partial charge is 0.330 e. The smallest absolute Gasteiger partial charge is 0.308 e. The van der Waals surface area contributed by atoms with Crippen LogP contribution in [0.1, 0.15) is 11.1 Å². The zero-order valence-electron chi connectivity index (χ0n) is 11.4. The minimum Gasteiger partial charge on any atom is -0.308 e. The zero-order valence-corrected chi connectivity index (χ0v) is 13.0. The first-order chi connectivity index (χ1) is 9.49. The summed E-state index contributed by atoms with van der Waals surface area (Å²) in [5.74, 6) is 0. The summed E-state index contributed by atoms with van der Waals surface area (Å²) in [4.78, 5) is 23.5. The van der Waals surface area contributed by atoms with E-state index in [2.05, 4.69) is 21.2 Å². The Labute approximate surface area is 125 Å². The number of hydrogen-bond acceptors (Lipinski definition) is 3. The van der Waals surface area contributed by atoms with E-state index in [4.69, 9.17) is 0 Å². The molecule has 0 saturated carbocycles. The Balaban J connectivity index is 2.09. The summed E-state index contributed by atoms with van der Waals surface area (Å²) in [5.41, 5.74) is 1.13. The zero-order chi connectivity index (χ0) is 14.7. The number of aryl methyl sites for hydroxylation is 1. The molecule has 2 aromatic rings. The average Bonchev–Trinajstić information content (AvgIpc) is 2.42. The van der Waals surface area contributed by atoms with E-state index in [0.717, 1.165) is 14.6 Å². The molecule has 0 saturated heterocycles. The lowest BCUT2D eigenvalue weighted by molar-refractivity contribution is 0.630. The van der Waals surface area contributed by atoms with Crippen molar-refractivity contribution in [2.75, 3.05) is 0 Å². The minimum absolute atomic E-state index is 0.255. The van der Waals surface area contributed by atoms with Crippen molar-refractivity contribution in [1.29, 1.82) is 0 Å². The molecule has 5 nitrogen and oxygen atoms in total. The Morgan fingerprint density at radius 3 is 2.65 bits per heavy atom. The summed E-state index contributed by atoms with van der Waals surface area (Å²) in [6.45, 7) is 1.08. The molecule has 1 aromatic heterocycles. The van der Waals surface area contributed by atoms with Gasteiger partial charge in [0.15, 0.2) is 0 Å². The van der Waals surface area contributed by atoms with Gasteiger partial charge in [0, 0.05) is 43.4 Å². The van der Waals surface area contributed by atoms with Crippen molar-refractivity contribution in [3.8, 4) is 0 Å². The first-order valence-electron chi connectivity index (χ1n) is 6.19. The van der Waals surface area contributed by atoms with Crippen LogP contribution in [-0.2, 0) is 27.2 Å². The third-order valence-corrected chi connectivity index (χ3v) is 3.54. The van der Waals surface area contributed by atoms with Crippen molar-refractivity contribution in [3.05, 3.63) is 66.9 Å². The predicted molar refractivity (Wildman–Crippen MR) is 81.6 cm³/mol. The number of nitrogens with zero attached hydrogens (tertiary/aromatic N) is 2. The molecule has 0 radical (unpaired) electrons. The summed E-state index contributed by atoms with van der Waals surface area (Å²) in [6.07, 6.45) is 1.58. The number of benzene rings is 1. The number of hydrogen-bond donors (Lipinski definition) is 1. The molecule has 106 valence electrons. The molecule has 0 unspecified atom stereocenters.